The lowest BCUT2D eigenvalue weighted by molar-refractivity contribution is 0.467. The summed E-state index contributed by atoms with van der Waals surface area (Å²) in [6.07, 6.45) is 0. The molecule has 0 saturated heterocycles. The van der Waals surface area contributed by atoms with Gasteiger partial charge < -0.3 is 5.11 Å². The number of pyridine rings is 1. The summed E-state index contributed by atoms with van der Waals surface area (Å²) in [5.74, 6) is 0.196. The van der Waals surface area contributed by atoms with Crippen LogP contribution < -0.4 is 0 Å². The fraction of sp³-hybridized carbons (Fsp3) is 0.286. The number of hydrogen-bond donors (Lipinski definition) is 1. The molecule has 0 saturated carbocycles. The van der Waals surface area contributed by atoms with Crippen LogP contribution in [0.25, 0.3) is 0 Å². The molecular weight excluding hydrogens is 150 g/mol. The Morgan fingerprint density at radius 1 is 1.50 bits per heavy atom. The highest BCUT2D eigenvalue weighted by Crippen LogP contribution is 2.20. The van der Waals surface area contributed by atoms with Gasteiger partial charge in [-0.1, -0.05) is 11.6 Å². The third-order valence-corrected chi connectivity index (χ3v) is 1.70. The van der Waals surface area contributed by atoms with E-state index in [0.29, 0.717) is 10.8 Å². The first-order chi connectivity index (χ1) is 4.61. The van der Waals surface area contributed by atoms with Gasteiger partial charge in [0.25, 0.3) is 0 Å². The molecule has 0 fully saturated rings. The van der Waals surface area contributed by atoms with E-state index in [1.54, 1.807) is 19.9 Å². The van der Waals surface area contributed by atoms with E-state index in [1.807, 2.05) is 0 Å². The summed E-state index contributed by atoms with van der Waals surface area (Å²) in [4.78, 5) is 3.89. The Morgan fingerprint density at radius 2 is 2.10 bits per heavy atom. The van der Waals surface area contributed by atoms with Gasteiger partial charge in [0.2, 0.25) is 0 Å². The van der Waals surface area contributed by atoms with Gasteiger partial charge in [-0.05, 0) is 25.5 Å². The molecule has 1 N–H and O–H groups in total. The molecule has 1 heterocycles. The number of nitrogens with zero attached hydrogens (tertiary/aromatic N) is 1. The summed E-state index contributed by atoms with van der Waals surface area (Å²) >= 11 is 5.66. The number of halogens is 1. The Hall–Kier alpha value is -0.760. The van der Waals surface area contributed by atoms with Crippen molar-refractivity contribution in [2.45, 2.75) is 13.8 Å². The second-order valence-corrected chi connectivity index (χ2v) is 2.56. The highest BCUT2D eigenvalue weighted by molar-refractivity contribution is 6.30. The normalized spacial score (nSPS) is 9.90. The van der Waals surface area contributed by atoms with Crippen molar-refractivity contribution in [1.82, 2.24) is 4.98 Å². The Labute approximate surface area is 64.5 Å². The van der Waals surface area contributed by atoms with Gasteiger partial charge in [-0.15, -0.1) is 0 Å². The van der Waals surface area contributed by atoms with E-state index in [4.69, 9.17) is 16.7 Å². The summed E-state index contributed by atoms with van der Waals surface area (Å²) < 4.78 is 0. The Bertz CT molecular complexity index is 210. The fourth-order valence-corrected chi connectivity index (χ4v) is 0.843. The summed E-state index contributed by atoms with van der Waals surface area (Å²) in [7, 11) is 0. The summed E-state index contributed by atoms with van der Waals surface area (Å²) in [5, 5.41) is 9.56. The van der Waals surface area contributed by atoms with E-state index < -0.39 is 0 Å². The minimum absolute atomic E-state index is 0.196. The van der Waals surface area contributed by atoms with Crippen LogP contribution >= 0.6 is 11.6 Å². The first-order valence-electron chi connectivity index (χ1n) is 2.94. The van der Waals surface area contributed by atoms with Gasteiger partial charge in [0.05, 0.1) is 5.69 Å². The van der Waals surface area contributed by atoms with E-state index in [9.17, 15) is 0 Å². The van der Waals surface area contributed by atoms with Crippen molar-refractivity contribution in [2.24, 2.45) is 0 Å². The van der Waals surface area contributed by atoms with Crippen LogP contribution in [0.5, 0.6) is 5.75 Å². The van der Waals surface area contributed by atoms with Crippen molar-refractivity contribution in [1.29, 1.82) is 0 Å². The zero-order valence-electron chi connectivity index (χ0n) is 5.85. The molecule has 0 spiro atoms. The minimum Gasteiger partial charge on any atom is -0.506 e. The SMILES string of the molecule is Cc1cc(O)c(C)nc1Cl. The zero-order chi connectivity index (χ0) is 7.72. The van der Waals surface area contributed by atoms with E-state index in [1.165, 1.54) is 0 Å². The van der Waals surface area contributed by atoms with Crippen molar-refractivity contribution in [3.63, 3.8) is 0 Å². The third kappa shape index (κ3) is 1.21. The number of hydrogen-bond acceptors (Lipinski definition) is 2. The monoisotopic (exact) mass is 157 g/mol. The molecule has 0 bridgehead atoms. The maximum atomic E-state index is 9.10. The van der Waals surface area contributed by atoms with E-state index in [-0.39, 0.29) is 5.75 Å². The topological polar surface area (TPSA) is 33.1 Å². The molecule has 3 heteroatoms. The number of aromatic hydroxyl groups is 1. The fourth-order valence-electron chi connectivity index (χ4n) is 0.662. The molecule has 0 aliphatic carbocycles. The number of rotatable bonds is 0. The van der Waals surface area contributed by atoms with Gasteiger partial charge in [0, 0.05) is 0 Å². The van der Waals surface area contributed by atoms with Crippen LogP contribution in [-0.2, 0) is 0 Å². The predicted octanol–water partition coefficient (Wildman–Crippen LogP) is 2.06. The maximum absolute atomic E-state index is 9.10. The van der Waals surface area contributed by atoms with Crippen LogP contribution in [0.4, 0.5) is 0 Å². The van der Waals surface area contributed by atoms with Crippen molar-refractivity contribution >= 4 is 11.6 Å². The molecule has 0 aromatic carbocycles. The lowest BCUT2D eigenvalue weighted by atomic mass is 10.2. The predicted molar refractivity (Wildman–Crippen MR) is 40.4 cm³/mol. The second kappa shape index (κ2) is 2.46. The van der Waals surface area contributed by atoms with Crippen LogP contribution in [-0.4, -0.2) is 10.1 Å². The molecule has 0 atom stereocenters. The molecule has 1 rings (SSSR count). The first-order valence-corrected chi connectivity index (χ1v) is 3.32. The smallest absolute Gasteiger partial charge is 0.137 e. The molecule has 2 nitrogen and oxygen atoms in total. The van der Waals surface area contributed by atoms with Gasteiger partial charge in [0.15, 0.2) is 0 Å². The quantitative estimate of drug-likeness (QED) is 0.585. The lowest BCUT2D eigenvalue weighted by Crippen LogP contribution is -1.85. The lowest BCUT2D eigenvalue weighted by Gasteiger charge is -2.00. The average Bonchev–Trinajstić information content (AvgIpc) is 1.84. The molecule has 0 aliphatic heterocycles. The van der Waals surface area contributed by atoms with Gasteiger partial charge >= 0.3 is 0 Å². The van der Waals surface area contributed by atoms with Crippen molar-refractivity contribution in [3.05, 3.63) is 22.5 Å². The summed E-state index contributed by atoms with van der Waals surface area (Å²) in [6, 6.07) is 1.60. The van der Waals surface area contributed by atoms with E-state index in [2.05, 4.69) is 4.98 Å². The Kier molecular flexibility index (Phi) is 1.81. The molecule has 0 radical (unpaired) electrons. The van der Waals surface area contributed by atoms with Crippen LogP contribution in [0.1, 0.15) is 11.3 Å². The molecule has 0 unspecified atom stereocenters. The van der Waals surface area contributed by atoms with E-state index in [0.717, 1.165) is 5.56 Å². The number of aromatic nitrogens is 1. The standard InChI is InChI=1S/C7H8ClNO/c1-4-3-6(10)5(2)9-7(4)8/h3,10H,1-2H3. The van der Waals surface area contributed by atoms with Crippen molar-refractivity contribution < 1.29 is 5.11 Å². The van der Waals surface area contributed by atoms with E-state index >= 15 is 0 Å². The van der Waals surface area contributed by atoms with Gasteiger partial charge in [0.1, 0.15) is 10.9 Å². The molecule has 1 aromatic heterocycles. The van der Waals surface area contributed by atoms with Gasteiger partial charge in [-0.25, -0.2) is 4.98 Å². The van der Waals surface area contributed by atoms with Crippen LogP contribution in [0.2, 0.25) is 5.15 Å². The summed E-state index contributed by atoms with van der Waals surface area (Å²) in [6.45, 7) is 3.51. The summed E-state index contributed by atoms with van der Waals surface area (Å²) in [5.41, 5.74) is 1.36. The average molecular weight is 158 g/mol. The zero-order valence-corrected chi connectivity index (χ0v) is 6.61. The Balaban J connectivity index is 3.28. The Morgan fingerprint density at radius 3 is 2.60 bits per heavy atom. The van der Waals surface area contributed by atoms with Crippen molar-refractivity contribution in [2.75, 3.05) is 0 Å². The molecule has 54 valence electrons. The first kappa shape index (κ1) is 7.35. The molecule has 1 aromatic rings. The highest BCUT2D eigenvalue weighted by atomic mass is 35.5. The van der Waals surface area contributed by atoms with Crippen LogP contribution in [0.15, 0.2) is 6.07 Å². The molecule has 0 amide bonds. The second-order valence-electron chi connectivity index (χ2n) is 2.20. The van der Waals surface area contributed by atoms with Crippen LogP contribution in [0.3, 0.4) is 0 Å². The molecular formula is C7H8ClNO. The molecule has 10 heavy (non-hydrogen) atoms. The van der Waals surface area contributed by atoms with Crippen LogP contribution in [0, 0.1) is 13.8 Å². The maximum Gasteiger partial charge on any atom is 0.137 e. The largest absolute Gasteiger partial charge is 0.506 e. The highest BCUT2D eigenvalue weighted by Gasteiger charge is 2.00. The third-order valence-electron chi connectivity index (χ3n) is 1.32. The van der Waals surface area contributed by atoms with Gasteiger partial charge in [-0.3, -0.25) is 0 Å². The van der Waals surface area contributed by atoms with Gasteiger partial charge in [-0.2, -0.15) is 0 Å². The minimum atomic E-state index is 0.196. The molecule has 0 aliphatic rings. The number of aryl methyl sites for hydroxylation is 2. The van der Waals surface area contributed by atoms with Crippen molar-refractivity contribution in [3.8, 4) is 5.75 Å².